The molecule has 4 rings (SSSR count). The molecule has 1 aliphatic heterocycles. The predicted molar refractivity (Wildman–Crippen MR) is 108 cm³/mol. The second-order valence-electron chi connectivity index (χ2n) is 6.78. The molecule has 0 spiro atoms. The Labute approximate surface area is 167 Å². The van der Waals surface area contributed by atoms with Crippen molar-refractivity contribution in [1.29, 1.82) is 0 Å². The van der Waals surface area contributed by atoms with Crippen molar-refractivity contribution >= 4 is 28.3 Å². The highest BCUT2D eigenvalue weighted by molar-refractivity contribution is 6.03. The number of ether oxygens (including phenoxy) is 2. The molecule has 1 aliphatic rings. The molecule has 1 fully saturated rings. The summed E-state index contributed by atoms with van der Waals surface area (Å²) < 4.78 is 25.0. The summed E-state index contributed by atoms with van der Waals surface area (Å²) in [5.74, 6) is 1.16. The number of nitrogens with zero attached hydrogens (tertiary/aromatic N) is 4. The van der Waals surface area contributed by atoms with Gasteiger partial charge in [-0.1, -0.05) is 12.1 Å². The highest BCUT2D eigenvalue weighted by Gasteiger charge is 2.37. The smallest absolute Gasteiger partial charge is 0.249 e. The quantitative estimate of drug-likeness (QED) is 0.660. The first-order valence-corrected chi connectivity index (χ1v) is 9.20. The van der Waals surface area contributed by atoms with Crippen LogP contribution in [0.15, 0.2) is 42.7 Å². The third-order valence-electron chi connectivity index (χ3n) is 5.23. The van der Waals surface area contributed by atoms with Crippen LogP contribution in [0, 0.1) is 5.82 Å². The number of halogens is 1. The van der Waals surface area contributed by atoms with Crippen LogP contribution in [0.5, 0.6) is 11.5 Å². The van der Waals surface area contributed by atoms with Gasteiger partial charge in [-0.15, -0.1) is 0 Å². The number of benzene rings is 2. The van der Waals surface area contributed by atoms with E-state index in [-0.39, 0.29) is 5.91 Å². The van der Waals surface area contributed by atoms with Gasteiger partial charge in [0.25, 0.3) is 0 Å². The van der Waals surface area contributed by atoms with Crippen molar-refractivity contribution < 1.29 is 18.7 Å². The molecular weight excluding hydrogens is 375 g/mol. The maximum Gasteiger partial charge on any atom is 0.249 e. The van der Waals surface area contributed by atoms with Gasteiger partial charge in [-0.3, -0.25) is 4.79 Å². The van der Waals surface area contributed by atoms with Gasteiger partial charge in [0.15, 0.2) is 0 Å². The number of fused-ring (bicyclic) bond motifs is 1. The number of likely N-dealkylation sites (N-methyl/N-ethyl adjacent to an activating group) is 1. The van der Waals surface area contributed by atoms with Crippen molar-refractivity contribution in [2.24, 2.45) is 0 Å². The number of carbonyl (C=O) groups excluding carboxylic acids is 1. The standard InChI is InChI=1S/C21H21FN4O3/c1-25(17-8-9-26(21(17)27)16-7-5-4-6-15(16)22)20-14-10-13(28-2)11-18(29-3)19(14)23-12-24-20/h4-7,10-12,17H,8-9H2,1-3H3. The van der Waals surface area contributed by atoms with Crippen LogP contribution in [-0.2, 0) is 4.79 Å². The summed E-state index contributed by atoms with van der Waals surface area (Å²) in [6, 6.07) is 9.40. The van der Waals surface area contributed by atoms with E-state index in [9.17, 15) is 9.18 Å². The van der Waals surface area contributed by atoms with Crippen molar-refractivity contribution in [3.63, 3.8) is 0 Å². The number of methoxy groups -OCH3 is 2. The van der Waals surface area contributed by atoms with Crippen molar-refractivity contribution in [3.05, 3.63) is 48.5 Å². The summed E-state index contributed by atoms with van der Waals surface area (Å²) >= 11 is 0. The fourth-order valence-corrected chi connectivity index (χ4v) is 3.73. The zero-order valence-electron chi connectivity index (χ0n) is 16.4. The van der Waals surface area contributed by atoms with Crippen LogP contribution >= 0.6 is 0 Å². The third-order valence-corrected chi connectivity index (χ3v) is 5.23. The lowest BCUT2D eigenvalue weighted by molar-refractivity contribution is -0.118. The summed E-state index contributed by atoms with van der Waals surface area (Å²) in [6.07, 6.45) is 1.99. The van der Waals surface area contributed by atoms with Gasteiger partial charge < -0.3 is 19.3 Å². The molecule has 2 aromatic carbocycles. The van der Waals surface area contributed by atoms with Crippen LogP contribution < -0.4 is 19.3 Å². The normalized spacial score (nSPS) is 16.3. The van der Waals surface area contributed by atoms with Gasteiger partial charge in [-0.25, -0.2) is 14.4 Å². The zero-order chi connectivity index (χ0) is 20.5. The fraction of sp³-hybridized carbons (Fsp3) is 0.286. The lowest BCUT2D eigenvalue weighted by atomic mass is 10.1. The highest BCUT2D eigenvalue weighted by atomic mass is 19.1. The van der Waals surface area contributed by atoms with E-state index in [0.717, 1.165) is 0 Å². The van der Waals surface area contributed by atoms with E-state index in [1.807, 2.05) is 11.0 Å². The Balaban J connectivity index is 1.72. The summed E-state index contributed by atoms with van der Waals surface area (Å²) in [5.41, 5.74) is 0.922. The van der Waals surface area contributed by atoms with Crippen LogP contribution in [0.4, 0.5) is 15.9 Å². The Kier molecular flexibility index (Phi) is 4.92. The first kappa shape index (κ1) is 18.9. The predicted octanol–water partition coefficient (Wildman–Crippen LogP) is 3.03. The van der Waals surface area contributed by atoms with Crippen LogP contribution in [0.1, 0.15) is 6.42 Å². The molecule has 0 N–H and O–H groups in total. The molecule has 150 valence electrons. The molecule has 1 unspecified atom stereocenters. The minimum atomic E-state index is -0.468. The zero-order valence-corrected chi connectivity index (χ0v) is 16.4. The second kappa shape index (κ2) is 7.54. The Hall–Kier alpha value is -3.42. The van der Waals surface area contributed by atoms with Crippen LogP contribution in [0.2, 0.25) is 0 Å². The van der Waals surface area contributed by atoms with E-state index in [0.29, 0.717) is 46.9 Å². The summed E-state index contributed by atoms with van der Waals surface area (Å²) in [5, 5.41) is 0.711. The average molecular weight is 396 g/mol. The Morgan fingerprint density at radius 3 is 2.69 bits per heavy atom. The van der Waals surface area contributed by atoms with Gasteiger partial charge in [0, 0.05) is 19.7 Å². The molecule has 1 amide bonds. The third kappa shape index (κ3) is 3.20. The minimum absolute atomic E-state index is 0.167. The first-order chi connectivity index (χ1) is 14.0. The van der Waals surface area contributed by atoms with E-state index in [1.54, 1.807) is 45.5 Å². The van der Waals surface area contributed by atoms with Gasteiger partial charge in [-0.2, -0.15) is 0 Å². The molecular formula is C21H21FN4O3. The Morgan fingerprint density at radius 1 is 1.17 bits per heavy atom. The highest BCUT2D eigenvalue weighted by Crippen LogP contribution is 2.35. The maximum atomic E-state index is 14.2. The SMILES string of the molecule is COc1cc(OC)c2ncnc(N(C)C3CCN(c4ccccc4F)C3=O)c2c1. The summed E-state index contributed by atoms with van der Waals surface area (Å²) in [6.45, 7) is 0.435. The Bertz CT molecular complexity index is 1070. The topological polar surface area (TPSA) is 67.8 Å². The number of anilines is 2. The van der Waals surface area contributed by atoms with E-state index < -0.39 is 11.9 Å². The fourth-order valence-electron chi connectivity index (χ4n) is 3.73. The van der Waals surface area contributed by atoms with Gasteiger partial charge in [-0.05, 0) is 24.6 Å². The molecule has 8 heteroatoms. The number of amides is 1. The molecule has 0 aliphatic carbocycles. The second-order valence-corrected chi connectivity index (χ2v) is 6.78. The molecule has 1 saturated heterocycles. The molecule has 0 radical (unpaired) electrons. The van der Waals surface area contributed by atoms with E-state index >= 15 is 0 Å². The number of carbonyl (C=O) groups is 1. The van der Waals surface area contributed by atoms with E-state index in [2.05, 4.69) is 9.97 Å². The first-order valence-electron chi connectivity index (χ1n) is 9.20. The lowest BCUT2D eigenvalue weighted by Crippen LogP contribution is -2.40. The Morgan fingerprint density at radius 2 is 1.97 bits per heavy atom. The number of rotatable bonds is 5. The molecule has 2 heterocycles. The van der Waals surface area contributed by atoms with Gasteiger partial charge in [0.1, 0.15) is 41.0 Å². The molecule has 29 heavy (non-hydrogen) atoms. The maximum absolute atomic E-state index is 14.2. The molecule has 1 atom stereocenters. The van der Waals surface area contributed by atoms with Crippen LogP contribution in [-0.4, -0.2) is 49.7 Å². The molecule has 3 aromatic rings. The largest absolute Gasteiger partial charge is 0.497 e. The monoisotopic (exact) mass is 396 g/mol. The van der Waals surface area contributed by atoms with Gasteiger partial charge >= 0.3 is 0 Å². The average Bonchev–Trinajstić information content (AvgIpc) is 3.13. The minimum Gasteiger partial charge on any atom is -0.497 e. The molecule has 1 aromatic heterocycles. The lowest BCUT2D eigenvalue weighted by Gasteiger charge is -2.26. The van der Waals surface area contributed by atoms with Crippen molar-refractivity contribution in [3.8, 4) is 11.5 Å². The molecule has 7 nitrogen and oxygen atoms in total. The number of hydrogen-bond acceptors (Lipinski definition) is 6. The summed E-state index contributed by atoms with van der Waals surface area (Å²) in [4.78, 5) is 25.1. The number of para-hydroxylation sites is 1. The van der Waals surface area contributed by atoms with Crippen LogP contribution in [0.25, 0.3) is 10.9 Å². The van der Waals surface area contributed by atoms with Crippen molar-refractivity contribution in [2.75, 3.05) is 37.6 Å². The molecule has 0 saturated carbocycles. The van der Waals surface area contributed by atoms with Gasteiger partial charge in [0.05, 0.1) is 25.3 Å². The van der Waals surface area contributed by atoms with Gasteiger partial charge in [0.2, 0.25) is 5.91 Å². The van der Waals surface area contributed by atoms with E-state index in [4.69, 9.17) is 9.47 Å². The van der Waals surface area contributed by atoms with Crippen molar-refractivity contribution in [1.82, 2.24) is 9.97 Å². The molecule has 0 bridgehead atoms. The van der Waals surface area contributed by atoms with Crippen molar-refractivity contribution in [2.45, 2.75) is 12.5 Å². The number of hydrogen-bond donors (Lipinski definition) is 0. The number of aromatic nitrogens is 2. The van der Waals surface area contributed by atoms with Crippen LogP contribution in [0.3, 0.4) is 0 Å². The van der Waals surface area contributed by atoms with E-state index in [1.165, 1.54) is 17.3 Å². The summed E-state index contributed by atoms with van der Waals surface area (Å²) in [7, 11) is 4.94.